The van der Waals surface area contributed by atoms with Crippen molar-refractivity contribution < 1.29 is 23.8 Å². The molecule has 2 aromatic rings. The monoisotopic (exact) mass is 413 g/mol. The van der Waals surface area contributed by atoms with E-state index >= 15 is 0 Å². The van der Waals surface area contributed by atoms with E-state index in [9.17, 15) is 9.59 Å². The van der Waals surface area contributed by atoms with Crippen LogP contribution in [0.1, 0.15) is 12.5 Å². The molecule has 1 aliphatic rings. The molecular weight excluding hydrogens is 394 g/mol. The van der Waals surface area contributed by atoms with Crippen LogP contribution >= 0.6 is 11.6 Å². The van der Waals surface area contributed by atoms with Gasteiger partial charge in [0.2, 0.25) is 0 Å². The Bertz CT molecular complexity index is 1020. The van der Waals surface area contributed by atoms with Gasteiger partial charge in [-0.3, -0.25) is 9.69 Å². The lowest BCUT2D eigenvalue weighted by Gasteiger charge is -2.19. The lowest BCUT2D eigenvalue weighted by molar-refractivity contribution is -0.136. The second-order valence-corrected chi connectivity index (χ2v) is 6.65. The molecule has 0 radical (unpaired) electrons. The van der Waals surface area contributed by atoms with Gasteiger partial charge in [-0.1, -0.05) is 23.7 Å². The van der Waals surface area contributed by atoms with Crippen molar-refractivity contribution in [3.8, 4) is 11.5 Å². The third-order valence-electron chi connectivity index (χ3n) is 4.61. The number of hydrogen-bond acceptors (Lipinski definition) is 5. The highest BCUT2D eigenvalue weighted by Crippen LogP contribution is 2.38. The van der Waals surface area contributed by atoms with E-state index in [0.29, 0.717) is 27.9 Å². The van der Waals surface area contributed by atoms with Gasteiger partial charge in [-0.25, -0.2) is 4.79 Å². The molecule has 0 saturated heterocycles. The maximum absolute atomic E-state index is 13.2. The minimum atomic E-state index is -0.585. The van der Waals surface area contributed by atoms with Crippen molar-refractivity contribution in [2.75, 3.05) is 26.2 Å². The number of amides is 1. The van der Waals surface area contributed by atoms with Crippen molar-refractivity contribution in [1.29, 1.82) is 0 Å². The number of hydrogen-bond donors (Lipinski definition) is 0. The molecule has 1 aliphatic heterocycles. The number of esters is 1. The summed E-state index contributed by atoms with van der Waals surface area (Å²) in [7, 11) is 4.37. The molecule has 0 atom stereocenters. The van der Waals surface area contributed by atoms with Crippen molar-refractivity contribution >= 4 is 35.2 Å². The van der Waals surface area contributed by atoms with E-state index in [1.165, 1.54) is 19.1 Å². The van der Waals surface area contributed by atoms with Gasteiger partial charge in [0.25, 0.3) is 5.91 Å². The molecule has 0 bridgehead atoms. The van der Waals surface area contributed by atoms with Gasteiger partial charge in [-0.05, 0) is 48.9 Å². The Balaban J connectivity index is 2.10. The van der Waals surface area contributed by atoms with E-state index in [-0.39, 0.29) is 17.1 Å². The van der Waals surface area contributed by atoms with Crippen LogP contribution in [0.4, 0.5) is 5.69 Å². The van der Waals surface area contributed by atoms with Crippen molar-refractivity contribution in [3.05, 3.63) is 69.9 Å². The maximum Gasteiger partial charge on any atom is 0.340 e. The summed E-state index contributed by atoms with van der Waals surface area (Å²) in [4.78, 5) is 27.1. The van der Waals surface area contributed by atoms with Crippen LogP contribution in [0.2, 0.25) is 5.02 Å². The number of rotatable bonds is 5. The molecule has 0 spiro atoms. The molecule has 0 unspecified atom stereocenters. The molecule has 1 heterocycles. The molecule has 0 aromatic heterocycles. The summed E-state index contributed by atoms with van der Waals surface area (Å²) in [5.41, 5.74) is 2.19. The quantitative estimate of drug-likeness (QED) is 0.542. The fraction of sp³-hybridized carbons (Fsp3) is 0.182. The van der Waals surface area contributed by atoms with Crippen LogP contribution in [-0.2, 0) is 14.3 Å². The average molecular weight is 414 g/mol. The zero-order valence-corrected chi connectivity index (χ0v) is 17.2. The topological polar surface area (TPSA) is 65.1 Å². The Morgan fingerprint density at radius 2 is 1.72 bits per heavy atom. The fourth-order valence-corrected chi connectivity index (χ4v) is 3.40. The second-order valence-electron chi connectivity index (χ2n) is 6.24. The molecule has 0 N–H and O–H groups in total. The molecule has 3 rings (SSSR count). The first-order chi connectivity index (χ1) is 13.9. The highest BCUT2D eigenvalue weighted by Gasteiger charge is 2.38. The van der Waals surface area contributed by atoms with Gasteiger partial charge in [-0.2, -0.15) is 0 Å². The normalized spacial score (nSPS) is 15.1. The van der Waals surface area contributed by atoms with Crippen molar-refractivity contribution in [2.24, 2.45) is 0 Å². The van der Waals surface area contributed by atoms with Crippen LogP contribution in [0.5, 0.6) is 11.5 Å². The summed E-state index contributed by atoms with van der Waals surface area (Å²) < 4.78 is 15.2. The summed E-state index contributed by atoms with van der Waals surface area (Å²) in [5.74, 6) is 0.253. The molecule has 0 fully saturated rings. The number of benzene rings is 2. The SMILES string of the molecule is COC(=O)C1=C(C)N(c2ccc(OC)c(Cl)c2)C(=O)/C1=C\c1ccc(OC)cc1. The molecule has 29 heavy (non-hydrogen) atoms. The Morgan fingerprint density at radius 3 is 2.28 bits per heavy atom. The number of ether oxygens (including phenoxy) is 3. The standard InChI is InChI=1S/C22H20ClNO5/c1-13-20(22(26)29-4)17(11-14-5-8-16(27-2)9-6-14)21(25)24(13)15-7-10-19(28-3)18(23)12-15/h5-12H,1-4H3/b17-11-. The number of halogens is 1. The third kappa shape index (κ3) is 3.84. The number of nitrogens with zero attached hydrogens (tertiary/aromatic N) is 1. The molecule has 6 nitrogen and oxygen atoms in total. The predicted octanol–water partition coefficient (Wildman–Crippen LogP) is 4.23. The number of allylic oxidation sites excluding steroid dienone is 1. The van der Waals surface area contributed by atoms with Gasteiger partial charge in [0.1, 0.15) is 11.5 Å². The Labute approximate surface area is 173 Å². The molecule has 0 aliphatic carbocycles. The summed E-state index contributed by atoms with van der Waals surface area (Å²) in [6, 6.07) is 12.2. The van der Waals surface area contributed by atoms with Crippen LogP contribution in [0, 0.1) is 0 Å². The first-order valence-electron chi connectivity index (χ1n) is 8.74. The highest BCUT2D eigenvalue weighted by atomic mass is 35.5. The minimum Gasteiger partial charge on any atom is -0.497 e. The van der Waals surface area contributed by atoms with E-state index in [1.54, 1.807) is 62.6 Å². The smallest absolute Gasteiger partial charge is 0.340 e. The van der Waals surface area contributed by atoms with E-state index in [1.807, 2.05) is 0 Å². The van der Waals surface area contributed by atoms with Gasteiger partial charge in [0.15, 0.2) is 0 Å². The second kappa shape index (κ2) is 8.41. The van der Waals surface area contributed by atoms with Crippen LogP contribution in [0.15, 0.2) is 59.3 Å². The summed E-state index contributed by atoms with van der Waals surface area (Å²) in [5, 5.41) is 0.359. The van der Waals surface area contributed by atoms with Crippen molar-refractivity contribution in [3.63, 3.8) is 0 Å². The zero-order chi connectivity index (χ0) is 21.1. The lowest BCUT2D eigenvalue weighted by atomic mass is 10.0. The van der Waals surface area contributed by atoms with Crippen LogP contribution in [-0.4, -0.2) is 33.2 Å². The van der Waals surface area contributed by atoms with Crippen LogP contribution in [0.3, 0.4) is 0 Å². The van der Waals surface area contributed by atoms with E-state index in [2.05, 4.69) is 0 Å². The van der Waals surface area contributed by atoms with Gasteiger partial charge >= 0.3 is 5.97 Å². The molecule has 2 aromatic carbocycles. The molecular formula is C22H20ClNO5. The molecule has 150 valence electrons. The minimum absolute atomic E-state index is 0.209. The summed E-state index contributed by atoms with van der Waals surface area (Å²) in [6.07, 6.45) is 1.66. The number of carbonyl (C=O) groups excluding carboxylic acids is 2. The fourth-order valence-electron chi connectivity index (χ4n) is 3.15. The molecule has 0 saturated carbocycles. The number of methoxy groups -OCH3 is 3. The van der Waals surface area contributed by atoms with Gasteiger partial charge in [-0.15, -0.1) is 0 Å². The average Bonchev–Trinajstić information content (AvgIpc) is 2.97. The highest BCUT2D eigenvalue weighted by molar-refractivity contribution is 6.32. The number of carbonyl (C=O) groups is 2. The van der Waals surface area contributed by atoms with Crippen molar-refractivity contribution in [2.45, 2.75) is 6.92 Å². The molecule has 7 heteroatoms. The van der Waals surface area contributed by atoms with Crippen molar-refractivity contribution in [1.82, 2.24) is 0 Å². The van der Waals surface area contributed by atoms with Gasteiger partial charge in [0.05, 0.1) is 43.2 Å². The van der Waals surface area contributed by atoms with E-state index < -0.39 is 5.97 Å². The Hall–Kier alpha value is -3.25. The van der Waals surface area contributed by atoms with E-state index in [0.717, 1.165) is 5.56 Å². The Kier molecular flexibility index (Phi) is 5.94. The maximum atomic E-state index is 13.2. The lowest BCUT2D eigenvalue weighted by Crippen LogP contribution is -2.24. The van der Waals surface area contributed by atoms with Gasteiger partial charge < -0.3 is 14.2 Å². The first-order valence-corrected chi connectivity index (χ1v) is 9.12. The van der Waals surface area contributed by atoms with Crippen LogP contribution < -0.4 is 14.4 Å². The third-order valence-corrected chi connectivity index (χ3v) is 4.91. The van der Waals surface area contributed by atoms with Gasteiger partial charge in [0, 0.05) is 5.70 Å². The largest absolute Gasteiger partial charge is 0.497 e. The summed E-state index contributed by atoms with van der Waals surface area (Å²) in [6.45, 7) is 1.69. The van der Waals surface area contributed by atoms with E-state index in [4.69, 9.17) is 25.8 Å². The molecule has 1 amide bonds. The first kappa shape index (κ1) is 20.5. The summed E-state index contributed by atoms with van der Waals surface area (Å²) >= 11 is 6.23. The Morgan fingerprint density at radius 1 is 1.03 bits per heavy atom. The zero-order valence-electron chi connectivity index (χ0n) is 16.5. The number of anilines is 1. The predicted molar refractivity (Wildman–Crippen MR) is 111 cm³/mol. The van der Waals surface area contributed by atoms with Crippen LogP contribution in [0.25, 0.3) is 6.08 Å².